The quantitative estimate of drug-likeness (QED) is 0.339. The molecule has 0 unspecified atom stereocenters. The van der Waals surface area contributed by atoms with Gasteiger partial charge in [-0.1, -0.05) is 43.7 Å². The molecule has 2 N–H and O–H groups in total. The Balaban J connectivity index is 1.64. The number of hydrogen-bond donors (Lipinski definition) is 2. The molecule has 0 saturated carbocycles. The maximum absolute atomic E-state index is 14.0. The molecule has 4 aromatic rings. The summed E-state index contributed by atoms with van der Waals surface area (Å²) in [4.78, 5) is 26.3. The molecular weight excluding hydrogens is 470 g/mol. The first kappa shape index (κ1) is 24.2. The Morgan fingerprint density at radius 1 is 1.19 bits per heavy atom. The molecule has 5 rings (SSSR count). The lowest BCUT2D eigenvalue weighted by atomic mass is 9.78. The highest BCUT2D eigenvalue weighted by molar-refractivity contribution is 5.96. The summed E-state index contributed by atoms with van der Waals surface area (Å²) < 4.78 is 4.93. The third-order valence-corrected chi connectivity index (χ3v) is 6.76. The van der Waals surface area contributed by atoms with Crippen LogP contribution in [0.25, 0.3) is 17.2 Å². The van der Waals surface area contributed by atoms with E-state index in [-0.39, 0.29) is 11.5 Å². The number of rotatable bonds is 9. The van der Waals surface area contributed by atoms with Crippen LogP contribution in [0.3, 0.4) is 0 Å². The van der Waals surface area contributed by atoms with Gasteiger partial charge in [-0.3, -0.25) is 18.6 Å². The number of nitrogens with one attached hydrogen (secondary N) is 2. The second-order valence-electron chi connectivity index (χ2n) is 9.23. The Labute approximate surface area is 213 Å². The maximum atomic E-state index is 14.0. The summed E-state index contributed by atoms with van der Waals surface area (Å²) in [5, 5.41) is 21.6. The van der Waals surface area contributed by atoms with Gasteiger partial charge in [0, 0.05) is 31.0 Å². The molecule has 0 atom stereocenters. The lowest BCUT2D eigenvalue weighted by molar-refractivity contribution is 0.101. The van der Waals surface area contributed by atoms with Crippen molar-refractivity contribution in [3.05, 3.63) is 88.5 Å². The number of aromatic amines is 1. The van der Waals surface area contributed by atoms with Crippen LogP contribution in [0.5, 0.6) is 0 Å². The lowest BCUT2D eigenvalue weighted by Crippen LogP contribution is -2.36. The highest BCUT2D eigenvalue weighted by Crippen LogP contribution is 2.33. The van der Waals surface area contributed by atoms with Crippen molar-refractivity contribution in [2.75, 3.05) is 0 Å². The summed E-state index contributed by atoms with van der Waals surface area (Å²) >= 11 is 0. The molecule has 1 aliphatic heterocycles. The molecule has 3 aromatic heterocycles. The van der Waals surface area contributed by atoms with Crippen molar-refractivity contribution in [3.63, 3.8) is 0 Å². The number of unbranched alkanes of at least 4 members (excludes halogenated alkanes) is 1. The minimum atomic E-state index is -0.610. The molecule has 0 saturated heterocycles. The lowest BCUT2D eigenvalue weighted by Gasteiger charge is -2.31. The van der Waals surface area contributed by atoms with Gasteiger partial charge in [0.2, 0.25) is 0 Å². The standard InChI is InChI=1S/C26H29N9O2/c1-4-5-9-21-16-34(24-22(18(2)36)15-28-33(24)3)25(37)35(21)17-26(10-12-27-13-11-26)20-8-6-7-19(14-20)23-29-31-32-30-23/h6-8,10-16,27H,4-5,9,17H2,1-3H3,(H,29,30,31,32). The fourth-order valence-corrected chi connectivity index (χ4v) is 4.76. The average Bonchev–Trinajstić information content (AvgIpc) is 3.64. The molecular formula is C26H29N9O2. The van der Waals surface area contributed by atoms with Gasteiger partial charge in [0.1, 0.15) is 5.82 Å². The number of H-pyrrole nitrogens is 1. The first-order chi connectivity index (χ1) is 17.9. The van der Waals surface area contributed by atoms with E-state index in [0.29, 0.717) is 23.8 Å². The molecule has 4 heterocycles. The number of carbonyl (C=O) groups excluding carboxylic acids is 1. The SMILES string of the molecule is CCCCc1cn(-c2c(C(C)=O)cnn2C)c(=O)n1CC1(c2cccc(-c3nnn[nH]3)c2)C=CNC=C1. The number of dihydropyridines is 1. The first-order valence-electron chi connectivity index (χ1n) is 12.2. The van der Waals surface area contributed by atoms with E-state index in [9.17, 15) is 9.59 Å². The number of nitrogens with zero attached hydrogens (tertiary/aromatic N) is 7. The number of ketones is 1. The van der Waals surface area contributed by atoms with Gasteiger partial charge < -0.3 is 5.32 Å². The molecule has 0 radical (unpaired) electrons. The van der Waals surface area contributed by atoms with E-state index in [0.717, 1.165) is 36.1 Å². The van der Waals surface area contributed by atoms with Crippen molar-refractivity contribution in [1.82, 2.24) is 44.9 Å². The molecule has 0 bridgehead atoms. The van der Waals surface area contributed by atoms with Crippen molar-refractivity contribution < 1.29 is 4.79 Å². The predicted octanol–water partition coefficient (Wildman–Crippen LogP) is 2.67. The summed E-state index contributed by atoms with van der Waals surface area (Å²) in [6.07, 6.45) is 13.9. The molecule has 1 aliphatic rings. The molecule has 1 aromatic carbocycles. The van der Waals surface area contributed by atoms with E-state index in [2.05, 4.69) is 50.1 Å². The third-order valence-electron chi connectivity index (χ3n) is 6.76. The van der Waals surface area contributed by atoms with Gasteiger partial charge in [0.15, 0.2) is 11.6 Å². The summed E-state index contributed by atoms with van der Waals surface area (Å²) in [5.74, 6) is 0.898. The molecule has 0 spiro atoms. The highest BCUT2D eigenvalue weighted by atomic mass is 16.2. The van der Waals surface area contributed by atoms with E-state index in [1.165, 1.54) is 13.1 Å². The molecule has 0 aliphatic carbocycles. The number of aryl methyl sites for hydroxylation is 2. The fourth-order valence-electron chi connectivity index (χ4n) is 4.76. The van der Waals surface area contributed by atoms with Crippen molar-refractivity contribution in [2.45, 2.75) is 45.1 Å². The second kappa shape index (κ2) is 9.84. The number of carbonyl (C=O) groups is 1. The molecule has 0 fully saturated rings. The van der Waals surface area contributed by atoms with Gasteiger partial charge in [-0.05, 0) is 54.2 Å². The van der Waals surface area contributed by atoms with Gasteiger partial charge in [0.25, 0.3) is 0 Å². The molecule has 37 heavy (non-hydrogen) atoms. The fraction of sp³-hybridized carbons (Fsp3) is 0.308. The van der Waals surface area contributed by atoms with Crippen molar-refractivity contribution in [2.24, 2.45) is 7.05 Å². The number of tetrazole rings is 1. The Morgan fingerprint density at radius 3 is 2.70 bits per heavy atom. The van der Waals surface area contributed by atoms with Gasteiger partial charge in [-0.2, -0.15) is 5.10 Å². The van der Waals surface area contributed by atoms with Crippen LogP contribution in [0.15, 0.2) is 66.0 Å². The van der Waals surface area contributed by atoms with Crippen LogP contribution in [0, 0.1) is 0 Å². The van der Waals surface area contributed by atoms with Gasteiger partial charge >= 0.3 is 5.69 Å². The number of allylic oxidation sites excluding steroid dienone is 2. The van der Waals surface area contributed by atoms with E-state index < -0.39 is 5.41 Å². The minimum Gasteiger partial charge on any atom is -0.368 e. The predicted molar refractivity (Wildman–Crippen MR) is 138 cm³/mol. The zero-order valence-electron chi connectivity index (χ0n) is 21.0. The van der Waals surface area contributed by atoms with Crippen LogP contribution in [-0.2, 0) is 25.4 Å². The largest absolute Gasteiger partial charge is 0.368 e. The van der Waals surface area contributed by atoms with Crippen molar-refractivity contribution in [3.8, 4) is 17.2 Å². The zero-order valence-corrected chi connectivity index (χ0v) is 21.0. The minimum absolute atomic E-state index is 0.141. The van der Waals surface area contributed by atoms with Crippen LogP contribution in [0.2, 0.25) is 0 Å². The van der Waals surface area contributed by atoms with E-state index in [4.69, 9.17) is 0 Å². The molecule has 0 amide bonds. The maximum Gasteiger partial charge on any atom is 0.334 e. The molecule has 11 nitrogen and oxygen atoms in total. The second-order valence-corrected chi connectivity index (χ2v) is 9.23. The summed E-state index contributed by atoms with van der Waals surface area (Å²) in [5.41, 5.74) is 2.32. The van der Waals surface area contributed by atoms with E-state index in [1.54, 1.807) is 16.3 Å². The Hall–Kier alpha value is -4.54. The number of benzene rings is 1. The van der Waals surface area contributed by atoms with E-state index in [1.807, 2.05) is 47.4 Å². The third kappa shape index (κ3) is 4.44. The topological polar surface area (TPSA) is 128 Å². The number of aromatic nitrogens is 8. The van der Waals surface area contributed by atoms with Crippen LogP contribution in [-0.4, -0.2) is 45.3 Å². The summed E-state index contributed by atoms with van der Waals surface area (Å²) in [7, 11) is 1.74. The smallest absolute Gasteiger partial charge is 0.334 e. The monoisotopic (exact) mass is 499 g/mol. The highest BCUT2D eigenvalue weighted by Gasteiger charge is 2.32. The van der Waals surface area contributed by atoms with Crippen LogP contribution >= 0.6 is 0 Å². The van der Waals surface area contributed by atoms with E-state index >= 15 is 0 Å². The van der Waals surface area contributed by atoms with Crippen LogP contribution in [0.1, 0.15) is 48.3 Å². The van der Waals surface area contributed by atoms with Gasteiger partial charge in [-0.25, -0.2) is 9.89 Å². The van der Waals surface area contributed by atoms with Crippen LogP contribution < -0.4 is 11.0 Å². The van der Waals surface area contributed by atoms with Crippen molar-refractivity contribution in [1.29, 1.82) is 0 Å². The summed E-state index contributed by atoms with van der Waals surface area (Å²) in [6.45, 7) is 3.98. The molecule has 190 valence electrons. The van der Waals surface area contributed by atoms with Crippen molar-refractivity contribution >= 4 is 5.78 Å². The summed E-state index contributed by atoms with van der Waals surface area (Å²) in [6, 6.07) is 7.97. The Bertz CT molecular complexity index is 1520. The average molecular weight is 500 g/mol. The first-order valence-corrected chi connectivity index (χ1v) is 12.2. The number of hydrogen-bond acceptors (Lipinski definition) is 7. The Kier molecular flexibility index (Phi) is 6.43. The zero-order chi connectivity index (χ0) is 26.0. The van der Waals surface area contributed by atoms with Crippen LogP contribution in [0.4, 0.5) is 0 Å². The normalized spacial score (nSPS) is 14.1. The number of Topliss-reactive ketones (excluding diaryl/α,β-unsaturated/α-hetero) is 1. The van der Waals surface area contributed by atoms with Gasteiger partial charge in [0.05, 0.1) is 17.2 Å². The molecule has 11 heteroatoms. The number of imidazole rings is 1. The van der Waals surface area contributed by atoms with Gasteiger partial charge in [-0.15, -0.1) is 5.10 Å². The Morgan fingerprint density at radius 2 is 2.00 bits per heavy atom.